The number of rotatable bonds is 4. The number of aromatic nitrogens is 3. The molecule has 0 atom stereocenters. The topological polar surface area (TPSA) is 94.5 Å². The first-order valence-corrected chi connectivity index (χ1v) is 9.34. The van der Waals surface area contributed by atoms with Gasteiger partial charge in [-0.1, -0.05) is 0 Å². The van der Waals surface area contributed by atoms with Crippen LogP contribution < -0.4 is 10.2 Å². The van der Waals surface area contributed by atoms with Gasteiger partial charge in [0, 0.05) is 24.2 Å². The fourth-order valence-corrected chi connectivity index (χ4v) is 4.18. The highest BCUT2D eigenvalue weighted by Gasteiger charge is 2.35. The van der Waals surface area contributed by atoms with E-state index in [4.69, 9.17) is 0 Å². The number of anilines is 3. The minimum Gasteiger partial charge on any atom is -0.465 e. The molecule has 0 unspecified atom stereocenters. The van der Waals surface area contributed by atoms with E-state index in [0.717, 1.165) is 23.2 Å². The Morgan fingerprint density at radius 2 is 2.14 bits per heavy atom. The van der Waals surface area contributed by atoms with Crippen molar-refractivity contribution in [3.8, 4) is 0 Å². The van der Waals surface area contributed by atoms with E-state index in [1.54, 1.807) is 30.2 Å². The van der Waals surface area contributed by atoms with Crippen molar-refractivity contribution in [2.45, 2.75) is 12.8 Å². The standard InChI is InChI=1S/C17H16F2N6O2S/c1-17(18,19)15-21-5-3-14(23-15)22-10-2-4-20-6-11(10)25-9-28-13-8-24(16(26)27)7-12(13)25/h2-6H,7-9H2,1H3,(H,26,27)(H,20,21,22,23). The van der Waals surface area contributed by atoms with Crippen molar-refractivity contribution in [1.82, 2.24) is 19.9 Å². The number of alkyl halides is 2. The third-order valence-corrected chi connectivity index (χ3v) is 5.46. The van der Waals surface area contributed by atoms with E-state index in [1.807, 2.05) is 4.90 Å². The fourth-order valence-electron chi connectivity index (χ4n) is 3.01. The van der Waals surface area contributed by atoms with Crippen molar-refractivity contribution in [3.63, 3.8) is 0 Å². The normalized spacial score (nSPS) is 16.5. The summed E-state index contributed by atoms with van der Waals surface area (Å²) in [6, 6.07) is 3.22. The number of hydrogen-bond donors (Lipinski definition) is 2. The molecule has 4 heterocycles. The second kappa shape index (κ2) is 6.89. The van der Waals surface area contributed by atoms with Crippen LogP contribution in [-0.4, -0.2) is 50.0 Å². The largest absolute Gasteiger partial charge is 0.465 e. The van der Waals surface area contributed by atoms with Gasteiger partial charge in [0.1, 0.15) is 5.82 Å². The predicted octanol–water partition coefficient (Wildman–Crippen LogP) is 3.44. The molecule has 0 aliphatic carbocycles. The first-order valence-electron chi connectivity index (χ1n) is 8.35. The van der Waals surface area contributed by atoms with Gasteiger partial charge >= 0.3 is 12.0 Å². The van der Waals surface area contributed by atoms with Gasteiger partial charge in [-0.15, -0.1) is 11.8 Å². The van der Waals surface area contributed by atoms with E-state index in [2.05, 4.69) is 20.3 Å². The number of pyridine rings is 1. The molecule has 0 spiro atoms. The lowest BCUT2D eigenvalue weighted by molar-refractivity contribution is 0.00782. The average molecular weight is 406 g/mol. The summed E-state index contributed by atoms with van der Waals surface area (Å²) >= 11 is 1.58. The lowest BCUT2D eigenvalue weighted by atomic mass is 10.2. The van der Waals surface area contributed by atoms with Crippen LogP contribution in [0.4, 0.5) is 30.8 Å². The van der Waals surface area contributed by atoms with Crippen molar-refractivity contribution in [2.75, 3.05) is 29.2 Å². The number of nitrogens with one attached hydrogen (secondary N) is 1. The van der Waals surface area contributed by atoms with Crippen LogP contribution in [0.2, 0.25) is 0 Å². The van der Waals surface area contributed by atoms with E-state index in [9.17, 15) is 18.7 Å². The van der Waals surface area contributed by atoms with Crippen LogP contribution in [0.1, 0.15) is 12.7 Å². The van der Waals surface area contributed by atoms with Gasteiger partial charge < -0.3 is 15.3 Å². The first kappa shape index (κ1) is 18.4. The maximum Gasteiger partial charge on any atom is 0.407 e. The van der Waals surface area contributed by atoms with Crippen LogP contribution >= 0.6 is 11.8 Å². The van der Waals surface area contributed by atoms with Gasteiger partial charge in [0.2, 0.25) is 5.82 Å². The Kier molecular flexibility index (Phi) is 4.53. The molecule has 28 heavy (non-hydrogen) atoms. The highest BCUT2D eigenvalue weighted by molar-refractivity contribution is 8.03. The third-order valence-electron chi connectivity index (χ3n) is 4.36. The summed E-state index contributed by atoms with van der Waals surface area (Å²) in [6.45, 7) is 1.41. The van der Waals surface area contributed by atoms with E-state index in [0.29, 0.717) is 24.7 Å². The van der Waals surface area contributed by atoms with Crippen molar-refractivity contribution < 1.29 is 18.7 Å². The number of carboxylic acid groups (broad SMARTS) is 1. The molecule has 2 aliphatic rings. The highest BCUT2D eigenvalue weighted by Crippen LogP contribution is 2.42. The zero-order valence-electron chi connectivity index (χ0n) is 14.8. The molecule has 0 saturated heterocycles. The van der Waals surface area contributed by atoms with E-state index in [-0.39, 0.29) is 5.82 Å². The summed E-state index contributed by atoms with van der Waals surface area (Å²) < 4.78 is 27.0. The molecule has 8 nitrogen and oxygen atoms in total. The molecule has 0 fully saturated rings. The SMILES string of the molecule is CC(F)(F)c1nccc(Nc2ccncc2N2CSC3=C2CN(C(=O)O)C3)n1. The monoisotopic (exact) mass is 406 g/mol. The molecular formula is C17H16F2N6O2S. The Bertz CT molecular complexity index is 965. The summed E-state index contributed by atoms with van der Waals surface area (Å²) in [5.74, 6) is -2.85. The fraction of sp³-hybridized carbons (Fsp3) is 0.294. The van der Waals surface area contributed by atoms with E-state index in [1.165, 1.54) is 17.2 Å². The average Bonchev–Trinajstić information content (AvgIpc) is 3.23. The summed E-state index contributed by atoms with van der Waals surface area (Å²) in [5.41, 5.74) is 2.25. The van der Waals surface area contributed by atoms with Crippen LogP contribution in [-0.2, 0) is 5.92 Å². The molecule has 2 aliphatic heterocycles. The van der Waals surface area contributed by atoms with E-state index >= 15 is 0 Å². The molecule has 0 bridgehead atoms. The maximum absolute atomic E-state index is 13.5. The molecule has 146 valence electrons. The Hall–Kier alpha value is -2.95. The van der Waals surface area contributed by atoms with Gasteiger partial charge in [0.05, 0.1) is 42.2 Å². The molecule has 1 amide bonds. The minimum absolute atomic E-state index is 0.235. The summed E-state index contributed by atoms with van der Waals surface area (Å²) in [6.07, 6.45) is 3.54. The number of nitrogens with zero attached hydrogens (tertiary/aromatic N) is 5. The highest BCUT2D eigenvalue weighted by atomic mass is 32.2. The maximum atomic E-state index is 13.5. The zero-order valence-corrected chi connectivity index (χ0v) is 15.6. The van der Waals surface area contributed by atoms with Crippen LogP contribution in [0.25, 0.3) is 0 Å². The van der Waals surface area contributed by atoms with Gasteiger partial charge in [0.25, 0.3) is 0 Å². The molecular weight excluding hydrogens is 390 g/mol. The second-order valence-corrected chi connectivity index (χ2v) is 7.42. The Balaban J connectivity index is 1.61. The quantitative estimate of drug-likeness (QED) is 0.798. The molecule has 4 rings (SSSR count). The van der Waals surface area contributed by atoms with Gasteiger partial charge in [-0.25, -0.2) is 14.8 Å². The van der Waals surface area contributed by atoms with Gasteiger partial charge in [-0.3, -0.25) is 9.88 Å². The number of hydrogen-bond acceptors (Lipinski definition) is 7. The van der Waals surface area contributed by atoms with Gasteiger partial charge in [-0.2, -0.15) is 8.78 Å². The molecule has 11 heteroatoms. The van der Waals surface area contributed by atoms with Gasteiger partial charge in [-0.05, 0) is 12.1 Å². The second-order valence-electron chi connectivity index (χ2n) is 6.38. The lowest BCUT2D eigenvalue weighted by Gasteiger charge is -2.25. The first-order chi connectivity index (χ1) is 13.3. The smallest absolute Gasteiger partial charge is 0.407 e. The Labute approximate surface area is 163 Å². The number of carbonyl (C=O) groups is 1. The molecule has 2 aromatic rings. The van der Waals surface area contributed by atoms with Crippen molar-refractivity contribution in [3.05, 3.63) is 47.1 Å². The summed E-state index contributed by atoms with van der Waals surface area (Å²) in [5, 5.41) is 12.3. The number of amides is 1. The lowest BCUT2D eigenvalue weighted by Crippen LogP contribution is -2.31. The van der Waals surface area contributed by atoms with Crippen molar-refractivity contribution in [1.29, 1.82) is 0 Å². The Morgan fingerprint density at radius 1 is 1.32 bits per heavy atom. The summed E-state index contributed by atoms with van der Waals surface area (Å²) in [7, 11) is 0. The Morgan fingerprint density at radius 3 is 2.89 bits per heavy atom. The molecule has 2 aromatic heterocycles. The molecule has 0 aromatic carbocycles. The molecule has 2 N–H and O–H groups in total. The molecule has 0 radical (unpaired) electrons. The number of halogens is 2. The summed E-state index contributed by atoms with van der Waals surface area (Å²) in [4.78, 5) is 27.3. The minimum atomic E-state index is -3.14. The predicted molar refractivity (Wildman–Crippen MR) is 101 cm³/mol. The van der Waals surface area contributed by atoms with Crippen molar-refractivity contribution >= 4 is 35.0 Å². The number of thioether (sulfide) groups is 1. The van der Waals surface area contributed by atoms with Crippen LogP contribution in [0.15, 0.2) is 41.3 Å². The van der Waals surface area contributed by atoms with Crippen LogP contribution in [0, 0.1) is 0 Å². The van der Waals surface area contributed by atoms with E-state index < -0.39 is 17.8 Å². The van der Waals surface area contributed by atoms with Crippen molar-refractivity contribution in [2.24, 2.45) is 0 Å². The van der Waals surface area contributed by atoms with Gasteiger partial charge in [0.15, 0.2) is 0 Å². The van der Waals surface area contributed by atoms with Crippen LogP contribution in [0.5, 0.6) is 0 Å². The molecule has 0 saturated carbocycles. The third kappa shape index (κ3) is 3.44. The van der Waals surface area contributed by atoms with Crippen LogP contribution in [0.3, 0.4) is 0 Å². The zero-order chi connectivity index (χ0) is 19.9.